The summed E-state index contributed by atoms with van der Waals surface area (Å²) < 4.78 is 13.5. The van der Waals surface area contributed by atoms with Crippen LogP contribution in [-0.2, 0) is 0 Å². The second-order valence-corrected chi connectivity index (χ2v) is 15.2. The molecule has 0 bridgehead atoms. The molecule has 12 rings (SSSR count). The minimum atomic E-state index is 0.843. The van der Waals surface area contributed by atoms with Gasteiger partial charge >= 0.3 is 0 Å². The molecule has 2 aromatic heterocycles. The SMILES string of the molecule is c1ccc(-c2ccc3c(c2)oc2c(-c4ccccc4)ccc(N(c4ccc(-c5ccc6c(ccc7ccccc76)c5)cc4)c4cccc5oc6ccccc6c45)c23)cc1. The Morgan fingerprint density at radius 3 is 1.73 bits per heavy atom. The van der Waals surface area contributed by atoms with Crippen molar-refractivity contribution in [2.24, 2.45) is 0 Å². The molecule has 0 saturated heterocycles. The summed E-state index contributed by atoms with van der Waals surface area (Å²) in [5, 5.41) is 9.27. The van der Waals surface area contributed by atoms with Crippen LogP contribution in [0.25, 0.3) is 98.8 Å². The fourth-order valence-electron chi connectivity index (χ4n) is 9.05. The average Bonchev–Trinajstić information content (AvgIpc) is 3.89. The second kappa shape index (κ2) is 13.4. The van der Waals surface area contributed by atoms with Crippen LogP contribution >= 0.6 is 0 Å². The number of benzene rings is 10. The van der Waals surface area contributed by atoms with E-state index >= 15 is 0 Å². The zero-order valence-corrected chi connectivity index (χ0v) is 32.0. The van der Waals surface area contributed by atoms with E-state index in [1.807, 2.05) is 12.1 Å². The van der Waals surface area contributed by atoms with Gasteiger partial charge < -0.3 is 13.7 Å². The van der Waals surface area contributed by atoms with Crippen LogP contribution in [0, 0.1) is 0 Å². The van der Waals surface area contributed by atoms with Crippen molar-refractivity contribution in [2.75, 3.05) is 4.90 Å². The Kier molecular flexibility index (Phi) is 7.54. The van der Waals surface area contributed by atoms with Crippen LogP contribution in [-0.4, -0.2) is 0 Å². The van der Waals surface area contributed by atoms with Gasteiger partial charge in [-0.2, -0.15) is 0 Å². The van der Waals surface area contributed by atoms with Crippen LogP contribution in [0.3, 0.4) is 0 Å². The summed E-state index contributed by atoms with van der Waals surface area (Å²) in [4.78, 5) is 2.39. The summed E-state index contributed by atoms with van der Waals surface area (Å²) >= 11 is 0. The van der Waals surface area contributed by atoms with E-state index in [2.05, 4.69) is 205 Å². The van der Waals surface area contributed by atoms with Crippen LogP contribution in [0.4, 0.5) is 17.1 Å². The standard InChI is InChI=1S/C56H35NO2/c1-3-12-36(13-4-1)41-27-31-48-53(35-41)59-56-46(38-14-5-2-6-15-38)32-33-50(55(48)56)57(49-19-11-21-52-54(49)47-18-9-10-20-51(47)58-52)43-28-24-37(25-29-43)40-26-30-45-42(34-40)23-22-39-16-7-8-17-44(39)45/h1-35H. The van der Waals surface area contributed by atoms with Crippen molar-refractivity contribution < 1.29 is 8.83 Å². The highest BCUT2D eigenvalue weighted by atomic mass is 16.3. The molecule has 0 fully saturated rings. The lowest BCUT2D eigenvalue weighted by Crippen LogP contribution is -2.11. The number of para-hydroxylation sites is 1. The lowest BCUT2D eigenvalue weighted by molar-refractivity contribution is 0.669. The molecule has 3 heteroatoms. The highest BCUT2D eigenvalue weighted by Crippen LogP contribution is 2.49. The Hall–Kier alpha value is -7.88. The molecule has 276 valence electrons. The van der Waals surface area contributed by atoms with Gasteiger partial charge in [-0.05, 0) is 110 Å². The maximum absolute atomic E-state index is 7.00. The van der Waals surface area contributed by atoms with Gasteiger partial charge in [-0.3, -0.25) is 0 Å². The Bertz CT molecular complexity index is 3540. The molecule has 59 heavy (non-hydrogen) atoms. The zero-order valence-electron chi connectivity index (χ0n) is 32.0. The fraction of sp³-hybridized carbons (Fsp3) is 0. The van der Waals surface area contributed by atoms with E-state index in [1.165, 1.54) is 27.1 Å². The molecule has 2 heterocycles. The molecular weight excluding hydrogens is 719 g/mol. The van der Waals surface area contributed by atoms with Crippen LogP contribution in [0.5, 0.6) is 0 Å². The van der Waals surface area contributed by atoms with Gasteiger partial charge in [0.15, 0.2) is 0 Å². The van der Waals surface area contributed by atoms with Gasteiger partial charge in [-0.1, -0.05) is 152 Å². The second-order valence-electron chi connectivity index (χ2n) is 15.2. The summed E-state index contributed by atoms with van der Waals surface area (Å²) in [7, 11) is 0. The molecule has 0 unspecified atom stereocenters. The molecule has 0 N–H and O–H groups in total. The number of anilines is 3. The first-order valence-electron chi connectivity index (χ1n) is 20.1. The minimum absolute atomic E-state index is 0.843. The van der Waals surface area contributed by atoms with Crippen molar-refractivity contribution in [1.29, 1.82) is 0 Å². The lowest BCUT2D eigenvalue weighted by Gasteiger charge is -2.27. The van der Waals surface area contributed by atoms with Crippen molar-refractivity contribution in [3.63, 3.8) is 0 Å². The summed E-state index contributed by atoms with van der Waals surface area (Å²) in [6, 6.07) is 75.6. The number of hydrogen-bond acceptors (Lipinski definition) is 3. The average molecular weight is 754 g/mol. The largest absolute Gasteiger partial charge is 0.456 e. The fourth-order valence-corrected chi connectivity index (χ4v) is 9.05. The molecule has 12 aromatic rings. The van der Waals surface area contributed by atoms with Gasteiger partial charge in [-0.15, -0.1) is 0 Å². The van der Waals surface area contributed by atoms with Crippen molar-refractivity contribution in [1.82, 2.24) is 0 Å². The van der Waals surface area contributed by atoms with Crippen molar-refractivity contribution in [2.45, 2.75) is 0 Å². The molecule has 0 saturated carbocycles. The Morgan fingerprint density at radius 1 is 0.305 bits per heavy atom. The highest BCUT2D eigenvalue weighted by Gasteiger charge is 2.25. The summed E-state index contributed by atoms with van der Waals surface area (Å²) in [5.41, 5.74) is 13.2. The van der Waals surface area contributed by atoms with Crippen molar-refractivity contribution >= 4 is 82.5 Å². The normalized spacial score (nSPS) is 11.7. The van der Waals surface area contributed by atoms with E-state index in [-0.39, 0.29) is 0 Å². The smallest absolute Gasteiger partial charge is 0.145 e. The molecule has 0 radical (unpaired) electrons. The van der Waals surface area contributed by atoms with Gasteiger partial charge in [0.2, 0.25) is 0 Å². The molecule has 0 aliphatic carbocycles. The number of hydrogen-bond donors (Lipinski definition) is 0. The third kappa shape index (κ3) is 5.44. The molecule has 0 amide bonds. The maximum Gasteiger partial charge on any atom is 0.145 e. The van der Waals surface area contributed by atoms with Crippen LogP contribution < -0.4 is 4.90 Å². The van der Waals surface area contributed by atoms with E-state index in [0.29, 0.717) is 0 Å². The molecule has 0 spiro atoms. The van der Waals surface area contributed by atoms with E-state index in [9.17, 15) is 0 Å². The molecular formula is C56H35NO2. The molecule has 3 nitrogen and oxygen atoms in total. The quantitative estimate of drug-likeness (QED) is 0.158. The molecule has 0 aliphatic rings. The summed E-state index contributed by atoms with van der Waals surface area (Å²) in [6.07, 6.45) is 0. The first-order valence-corrected chi connectivity index (χ1v) is 20.1. The first-order chi connectivity index (χ1) is 29.2. The predicted molar refractivity (Wildman–Crippen MR) is 247 cm³/mol. The van der Waals surface area contributed by atoms with Gasteiger partial charge in [0.25, 0.3) is 0 Å². The van der Waals surface area contributed by atoms with Gasteiger partial charge in [0.05, 0.1) is 22.1 Å². The van der Waals surface area contributed by atoms with Crippen molar-refractivity contribution in [3.05, 3.63) is 212 Å². The van der Waals surface area contributed by atoms with Crippen LogP contribution in [0.1, 0.15) is 0 Å². The third-order valence-corrected chi connectivity index (χ3v) is 11.9. The van der Waals surface area contributed by atoms with Crippen LogP contribution in [0.2, 0.25) is 0 Å². The van der Waals surface area contributed by atoms with E-state index in [0.717, 1.165) is 88.8 Å². The van der Waals surface area contributed by atoms with Gasteiger partial charge in [-0.25, -0.2) is 0 Å². The minimum Gasteiger partial charge on any atom is -0.456 e. The zero-order chi connectivity index (χ0) is 38.9. The molecule has 0 aliphatic heterocycles. The predicted octanol–water partition coefficient (Wildman–Crippen LogP) is 16.3. The molecule has 0 atom stereocenters. The number of fused-ring (bicyclic) bond motifs is 9. The molecule has 10 aromatic carbocycles. The number of rotatable bonds is 6. The summed E-state index contributed by atoms with van der Waals surface area (Å²) in [6.45, 7) is 0. The highest BCUT2D eigenvalue weighted by molar-refractivity contribution is 6.20. The summed E-state index contributed by atoms with van der Waals surface area (Å²) in [5.74, 6) is 0. The number of nitrogens with zero attached hydrogens (tertiary/aromatic N) is 1. The van der Waals surface area contributed by atoms with Gasteiger partial charge in [0.1, 0.15) is 22.3 Å². The monoisotopic (exact) mass is 753 g/mol. The van der Waals surface area contributed by atoms with Crippen LogP contribution in [0.15, 0.2) is 221 Å². The van der Waals surface area contributed by atoms with Crippen molar-refractivity contribution in [3.8, 4) is 33.4 Å². The van der Waals surface area contributed by atoms with E-state index < -0.39 is 0 Å². The Labute approximate surface area is 340 Å². The van der Waals surface area contributed by atoms with E-state index in [4.69, 9.17) is 8.83 Å². The maximum atomic E-state index is 7.00. The lowest BCUT2D eigenvalue weighted by atomic mass is 9.97. The first kappa shape index (κ1) is 33.3. The number of furan rings is 2. The third-order valence-electron chi connectivity index (χ3n) is 11.9. The Balaban J connectivity index is 1.09. The Morgan fingerprint density at radius 2 is 0.898 bits per heavy atom. The topological polar surface area (TPSA) is 29.5 Å². The van der Waals surface area contributed by atoms with Gasteiger partial charge in [0, 0.05) is 22.0 Å². The van der Waals surface area contributed by atoms with E-state index in [1.54, 1.807) is 0 Å².